The van der Waals surface area contributed by atoms with Gasteiger partial charge in [-0.3, -0.25) is 4.79 Å². The van der Waals surface area contributed by atoms with E-state index in [9.17, 15) is 22.8 Å². The van der Waals surface area contributed by atoms with Crippen LogP contribution in [0.15, 0.2) is 23.1 Å². The average Bonchev–Trinajstić information content (AvgIpc) is 2.69. The molecule has 1 aromatic carbocycles. The second-order valence-electron chi connectivity index (χ2n) is 7.64. The number of carbonyl (C=O) groups is 3. The highest BCUT2D eigenvalue weighted by Crippen LogP contribution is 2.23. The molecule has 0 saturated carbocycles. The number of rotatable bonds is 10. The van der Waals surface area contributed by atoms with Gasteiger partial charge >= 0.3 is 12.1 Å². The molecule has 11 nitrogen and oxygen atoms in total. The second-order valence-corrected chi connectivity index (χ2v) is 9.40. The minimum Gasteiger partial charge on any atom is -0.496 e. The van der Waals surface area contributed by atoms with Gasteiger partial charge in [0.1, 0.15) is 17.4 Å². The topological polar surface area (TPSA) is 149 Å². The monoisotopic (exact) mass is 473 g/mol. The third-order valence-electron chi connectivity index (χ3n) is 3.80. The smallest absolute Gasteiger partial charge is 0.407 e. The number of hydrogen-bond acceptors (Lipinski definition) is 8. The zero-order valence-corrected chi connectivity index (χ0v) is 19.9. The summed E-state index contributed by atoms with van der Waals surface area (Å²) in [6.07, 6.45) is -0.661. The summed E-state index contributed by atoms with van der Waals surface area (Å²) >= 11 is 0. The first-order valence-electron chi connectivity index (χ1n) is 9.92. The van der Waals surface area contributed by atoms with Crippen LogP contribution in [0.2, 0.25) is 0 Å². The van der Waals surface area contributed by atoms with E-state index in [0.29, 0.717) is 0 Å². The number of methoxy groups -OCH3 is 1. The molecular weight excluding hydrogens is 442 g/mol. The van der Waals surface area contributed by atoms with E-state index in [1.165, 1.54) is 32.2 Å². The number of esters is 1. The number of ether oxygens (including phenoxy) is 3. The summed E-state index contributed by atoms with van der Waals surface area (Å²) in [6.45, 7) is 8.36. The largest absolute Gasteiger partial charge is 0.496 e. The summed E-state index contributed by atoms with van der Waals surface area (Å²) < 4.78 is 42.4. The second kappa shape index (κ2) is 11.7. The van der Waals surface area contributed by atoms with E-state index >= 15 is 0 Å². The van der Waals surface area contributed by atoms with Gasteiger partial charge in [0, 0.05) is 19.2 Å². The highest BCUT2D eigenvalue weighted by molar-refractivity contribution is 7.89. The summed E-state index contributed by atoms with van der Waals surface area (Å²) in [5, 5.41) is 4.91. The molecule has 12 heteroatoms. The molecule has 1 atom stereocenters. The summed E-state index contributed by atoms with van der Waals surface area (Å²) in [7, 11) is -2.65. The molecule has 0 aliphatic carbocycles. The molecule has 32 heavy (non-hydrogen) atoms. The van der Waals surface area contributed by atoms with Crippen molar-refractivity contribution in [3.63, 3.8) is 0 Å². The van der Waals surface area contributed by atoms with Crippen LogP contribution in [0.3, 0.4) is 0 Å². The summed E-state index contributed by atoms with van der Waals surface area (Å²) in [4.78, 5) is 35.6. The molecule has 0 aliphatic rings. The normalized spacial score (nSPS) is 12.4. The van der Waals surface area contributed by atoms with Gasteiger partial charge in [0.05, 0.1) is 24.2 Å². The van der Waals surface area contributed by atoms with E-state index < -0.39 is 39.6 Å². The summed E-state index contributed by atoms with van der Waals surface area (Å²) in [5.74, 6) is -1.21. The van der Waals surface area contributed by atoms with Crippen molar-refractivity contribution in [3.05, 3.63) is 23.8 Å². The highest BCUT2D eigenvalue weighted by atomic mass is 32.2. The molecule has 0 spiro atoms. The average molecular weight is 474 g/mol. The quantitative estimate of drug-likeness (QED) is 0.339. The van der Waals surface area contributed by atoms with Crippen molar-refractivity contribution in [3.8, 4) is 5.75 Å². The van der Waals surface area contributed by atoms with Crippen LogP contribution in [0.1, 0.15) is 45.0 Å². The van der Waals surface area contributed by atoms with Crippen LogP contribution in [0.25, 0.3) is 0 Å². The lowest BCUT2D eigenvalue weighted by molar-refractivity contribution is -0.144. The van der Waals surface area contributed by atoms with Crippen molar-refractivity contribution in [2.75, 3.05) is 26.8 Å². The van der Waals surface area contributed by atoms with E-state index in [1.807, 2.05) is 0 Å². The molecule has 0 radical (unpaired) electrons. The van der Waals surface area contributed by atoms with Crippen molar-refractivity contribution in [1.82, 2.24) is 15.4 Å². The molecule has 0 aliphatic heterocycles. The Morgan fingerprint density at radius 1 is 1.12 bits per heavy atom. The molecule has 3 N–H and O–H groups in total. The predicted octanol–water partition coefficient (Wildman–Crippen LogP) is 1.18. The highest BCUT2D eigenvalue weighted by Gasteiger charge is 2.23. The zero-order chi connectivity index (χ0) is 24.5. The van der Waals surface area contributed by atoms with Gasteiger partial charge in [-0.15, -0.1) is 0 Å². The van der Waals surface area contributed by atoms with Crippen LogP contribution in [-0.2, 0) is 24.3 Å². The Kier molecular flexibility index (Phi) is 9.91. The molecule has 1 aromatic rings. The lowest BCUT2D eigenvalue weighted by Crippen LogP contribution is -2.39. The molecule has 0 heterocycles. The molecule has 1 rings (SSSR count). The van der Waals surface area contributed by atoms with Crippen molar-refractivity contribution in [2.24, 2.45) is 0 Å². The number of carbonyl (C=O) groups excluding carboxylic acids is 3. The van der Waals surface area contributed by atoms with Crippen LogP contribution in [0.5, 0.6) is 5.75 Å². The minimum absolute atomic E-state index is 0.00770. The van der Waals surface area contributed by atoms with Crippen LogP contribution in [0.4, 0.5) is 4.79 Å². The van der Waals surface area contributed by atoms with Gasteiger partial charge in [0.15, 0.2) is 0 Å². The Morgan fingerprint density at radius 2 is 1.78 bits per heavy atom. The van der Waals surface area contributed by atoms with Gasteiger partial charge in [0.25, 0.3) is 5.91 Å². The molecule has 2 amide bonds. The van der Waals surface area contributed by atoms with E-state index in [0.717, 1.165) is 0 Å². The first-order valence-corrected chi connectivity index (χ1v) is 11.4. The van der Waals surface area contributed by atoms with Crippen molar-refractivity contribution in [1.29, 1.82) is 0 Å². The van der Waals surface area contributed by atoms with Gasteiger partial charge in [-0.2, -0.15) is 0 Å². The molecule has 0 fully saturated rings. The lowest BCUT2D eigenvalue weighted by atomic mass is 10.1. The number of sulfonamides is 1. The lowest BCUT2D eigenvalue weighted by Gasteiger charge is -2.19. The number of benzene rings is 1. The maximum Gasteiger partial charge on any atom is 0.407 e. The van der Waals surface area contributed by atoms with Gasteiger partial charge in [-0.1, -0.05) is 0 Å². The van der Waals surface area contributed by atoms with Gasteiger partial charge < -0.3 is 24.8 Å². The third-order valence-corrected chi connectivity index (χ3v) is 5.26. The minimum atomic E-state index is -3.94. The Hall–Kier alpha value is -2.86. The molecule has 0 saturated heterocycles. The number of nitrogens with one attached hydrogen (secondary N) is 3. The van der Waals surface area contributed by atoms with Crippen LogP contribution >= 0.6 is 0 Å². The van der Waals surface area contributed by atoms with Gasteiger partial charge in [-0.05, 0) is 46.8 Å². The van der Waals surface area contributed by atoms with Crippen molar-refractivity contribution in [2.45, 2.75) is 51.2 Å². The maximum absolute atomic E-state index is 12.5. The van der Waals surface area contributed by atoms with E-state index in [1.54, 1.807) is 27.7 Å². The Balaban J connectivity index is 2.80. The fraction of sp³-hybridized carbons (Fsp3) is 0.550. The third kappa shape index (κ3) is 8.71. The van der Waals surface area contributed by atoms with E-state index in [4.69, 9.17) is 14.2 Å². The Bertz CT molecular complexity index is 925. The molecule has 0 bridgehead atoms. The van der Waals surface area contributed by atoms with E-state index in [-0.39, 0.29) is 35.9 Å². The Morgan fingerprint density at radius 3 is 2.34 bits per heavy atom. The number of hydrogen-bond donors (Lipinski definition) is 3. The maximum atomic E-state index is 12.5. The van der Waals surface area contributed by atoms with Crippen LogP contribution in [-0.4, -0.2) is 64.8 Å². The van der Waals surface area contributed by atoms with Crippen LogP contribution < -0.4 is 20.1 Å². The van der Waals surface area contributed by atoms with Gasteiger partial charge in [-0.25, -0.2) is 22.7 Å². The first kappa shape index (κ1) is 27.2. The summed E-state index contributed by atoms with van der Waals surface area (Å²) in [5.41, 5.74) is -0.614. The number of alkyl carbamates (subject to hydrolysis) is 1. The first-order chi connectivity index (χ1) is 14.8. The molecule has 180 valence electrons. The summed E-state index contributed by atoms with van der Waals surface area (Å²) in [6, 6.07) is 2.80. The Labute approximate surface area is 188 Å². The van der Waals surface area contributed by atoms with Crippen LogP contribution in [0, 0.1) is 0 Å². The zero-order valence-electron chi connectivity index (χ0n) is 19.1. The van der Waals surface area contributed by atoms with Crippen molar-refractivity contribution < 1.29 is 37.0 Å². The van der Waals surface area contributed by atoms with Crippen molar-refractivity contribution >= 4 is 28.0 Å². The molecule has 1 unspecified atom stereocenters. The fourth-order valence-electron chi connectivity index (χ4n) is 2.37. The predicted molar refractivity (Wildman–Crippen MR) is 116 cm³/mol. The standard InChI is InChI=1S/C20H31N3O8S/c1-7-30-18(25)13(2)23-17(24)15-9-8-14(12-16(15)29-6)32(27,28)22-11-10-21-19(26)31-20(3,4)5/h8-9,12-13,22H,7,10-11H2,1-6H3,(H,21,26)(H,23,24). The molecule has 0 aromatic heterocycles. The fourth-order valence-corrected chi connectivity index (χ4v) is 3.42. The SMILES string of the molecule is CCOC(=O)C(C)NC(=O)c1ccc(S(=O)(=O)NCCNC(=O)OC(C)(C)C)cc1OC. The van der Waals surface area contributed by atoms with E-state index in [2.05, 4.69) is 15.4 Å². The molecular formula is C20H31N3O8S. The van der Waals surface area contributed by atoms with Gasteiger partial charge in [0.2, 0.25) is 10.0 Å². The number of amides is 2.